The molecule has 2 aliphatic rings. The van der Waals surface area contributed by atoms with Crippen molar-refractivity contribution in [3.63, 3.8) is 0 Å². The third-order valence-electron chi connectivity index (χ3n) is 7.26. The second-order valence-corrected chi connectivity index (χ2v) is 10.1. The fraction of sp³-hybridized carbons (Fsp3) is 0.591. The first-order chi connectivity index (χ1) is 12.1. The molecule has 4 heteroatoms. The van der Waals surface area contributed by atoms with Crippen LogP contribution in [0.25, 0.3) is 0 Å². The second kappa shape index (κ2) is 6.70. The third-order valence-corrected chi connectivity index (χ3v) is 8.90. The lowest BCUT2D eigenvalue weighted by Gasteiger charge is -2.59. The molecule has 3 rings (SSSR count). The Hall–Kier alpha value is -1.29. The molecule has 2 N–H and O–H groups in total. The minimum absolute atomic E-state index is 0.0691. The van der Waals surface area contributed by atoms with Crippen molar-refractivity contribution >= 4 is 22.2 Å². The zero-order valence-electron chi connectivity index (χ0n) is 15.9. The molecule has 26 heavy (non-hydrogen) atoms. The summed E-state index contributed by atoms with van der Waals surface area (Å²) in [5, 5.41) is 20.4. The summed E-state index contributed by atoms with van der Waals surface area (Å²) in [4.78, 5) is 11.5. The first-order valence-electron chi connectivity index (χ1n) is 9.43. The zero-order valence-corrected chi connectivity index (χ0v) is 17.5. The number of phenols is 2. The summed E-state index contributed by atoms with van der Waals surface area (Å²) >= 11 is 3.91. The Kier molecular flexibility index (Phi) is 5.02. The maximum atomic E-state index is 11.0. The molecule has 1 aromatic rings. The van der Waals surface area contributed by atoms with Crippen molar-refractivity contribution in [3.05, 3.63) is 35.4 Å². The van der Waals surface area contributed by atoms with Crippen molar-refractivity contribution < 1.29 is 15.0 Å². The maximum absolute atomic E-state index is 11.0. The van der Waals surface area contributed by atoms with Crippen LogP contribution in [0.15, 0.2) is 24.3 Å². The SMILES string of the molecule is C=C1CCC2C(C)(C)[C@@H](Br)CC[C@]2(C)[C@@H]1Cc1cc(O)c(C=O)cc1O. The van der Waals surface area contributed by atoms with Gasteiger partial charge in [-0.1, -0.05) is 48.9 Å². The number of phenolic OH excluding ortho intramolecular Hbond substituents is 2. The average Bonchev–Trinajstić information content (AvgIpc) is 2.57. The lowest BCUT2D eigenvalue weighted by atomic mass is 9.47. The second-order valence-electron chi connectivity index (χ2n) is 9.00. The molecular formula is C22H29BrO3. The number of hydrogen-bond donors (Lipinski definition) is 2. The molecule has 0 heterocycles. The number of fused-ring (bicyclic) bond motifs is 1. The van der Waals surface area contributed by atoms with Crippen LogP contribution < -0.4 is 0 Å². The lowest BCUT2D eigenvalue weighted by molar-refractivity contribution is -0.0461. The highest BCUT2D eigenvalue weighted by Crippen LogP contribution is 2.62. The van der Waals surface area contributed by atoms with E-state index in [0.717, 1.165) is 25.7 Å². The number of rotatable bonds is 3. The molecule has 2 aliphatic carbocycles. The van der Waals surface area contributed by atoms with E-state index in [9.17, 15) is 15.0 Å². The number of alkyl halides is 1. The number of benzene rings is 1. The summed E-state index contributed by atoms with van der Waals surface area (Å²) in [5.41, 5.74) is 2.39. The normalized spacial score (nSPS) is 33.5. The van der Waals surface area contributed by atoms with E-state index in [1.807, 2.05) is 0 Å². The van der Waals surface area contributed by atoms with Gasteiger partial charge in [0, 0.05) is 4.83 Å². The molecule has 0 radical (unpaired) electrons. The molecule has 2 fully saturated rings. The van der Waals surface area contributed by atoms with E-state index in [1.54, 1.807) is 6.07 Å². The van der Waals surface area contributed by atoms with Crippen LogP contribution in [0.4, 0.5) is 0 Å². The molecule has 142 valence electrons. The van der Waals surface area contributed by atoms with Crippen molar-refractivity contribution in [3.8, 4) is 11.5 Å². The standard InChI is InChI=1S/C22H29BrO3/c1-13-5-6-19-21(2,3)20(23)7-8-22(19,4)16(13)9-14-10-18(26)15(12-24)11-17(14)25/h10-12,16,19-20,25-26H,1,5-9H2,2-4H3/t16-,19?,20+,22-/m1/s1. The number of carbonyl (C=O) groups excluding carboxylic acids is 1. The topological polar surface area (TPSA) is 57.5 Å². The van der Waals surface area contributed by atoms with Gasteiger partial charge in [-0.2, -0.15) is 0 Å². The smallest absolute Gasteiger partial charge is 0.153 e. The van der Waals surface area contributed by atoms with Gasteiger partial charge < -0.3 is 10.2 Å². The number of halogens is 1. The summed E-state index contributed by atoms with van der Waals surface area (Å²) in [7, 11) is 0. The molecule has 0 amide bonds. The van der Waals surface area contributed by atoms with Gasteiger partial charge in [0.2, 0.25) is 0 Å². The van der Waals surface area contributed by atoms with E-state index in [2.05, 4.69) is 43.3 Å². The fourth-order valence-corrected chi connectivity index (χ4v) is 6.18. The van der Waals surface area contributed by atoms with Gasteiger partial charge >= 0.3 is 0 Å². The largest absolute Gasteiger partial charge is 0.508 e. The van der Waals surface area contributed by atoms with Gasteiger partial charge in [-0.3, -0.25) is 4.79 Å². The van der Waals surface area contributed by atoms with E-state index in [-0.39, 0.29) is 33.8 Å². The van der Waals surface area contributed by atoms with Crippen LogP contribution in [0.2, 0.25) is 0 Å². The summed E-state index contributed by atoms with van der Waals surface area (Å²) in [6.45, 7) is 11.5. The molecule has 0 saturated heterocycles. The maximum Gasteiger partial charge on any atom is 0.153 e. The van der Waals surface area contributed by atoms with E-state index < -0.39 is 0 Å². The van der Waals surface area contributed by atoms with Crippen LogP contribution >= 0.6 is 15.9 Å². The number of aldehydes is 1. The highest BCUT2D eigenvalue weighted by molar-refractivity contribution is 9.09. The van der Waals surface area contributed by atoms with Gasteiger partial charge in [0.25, 0.3) is 0 Å². The van der Waals surface area contributed by atoms with Gasteiger partial charge in [0.1, 0.15) is 11.5 Å². The molecule has 0 aliphatic heterocycles. The number of allylic oxidation sites excluding steroid dienone is 1. The van der Waals surface area contributed by atoms with E-state index in [1.165, 1.54) is 11.6 Å². The first kappa shape index (κ1) is 19.5. The Morgan fingerprint density at radius 2 is 1.92 bits per heavy atom. The lowest BCUT2D eigenvalue weighted by Crippen LogP contribution is -2.53. The molecule has 1 aromatic carbocycles. The molecule has 4 atom stereocenters. The van der Waals surface area contributed by atoms with Crippen LogP contribution in [0.5, 0.6) is 11.5 Å². The molecule has 0 aromatic heterocycles. The monoisotopic (exact) mass is 420 g/mol. The Bertz CT molecular complexity index is 739. The van der Waals surface area contributed by atoms with Crippen LogP contribution in [0.1, 0.15) is 62.4 Å². The van der Waals surface area contributed by atoms with Crippen molar-refractivity contribution in [2.75, 3.05) is 0 Å². The first-order valence-corrected chi connectivity index (χ1v) is 10.3. The summed E-state index contributed by atoms with van der Waals surface area (Å²) in [5.74, 6) is 0.846. The van der Waals surface area contributed by atoms with E-state index in [0.29, 0.717) is 29.0 Å². The predicted molar refractivity (Wildman–Crippen MR) is 108 cm³/mol. The number of aromatic hydroxyl groups is 2. The van der Waals surface area contributed by atoms with Gasteiger partial charge in [0.05, 0.1) is 5.56 Å². The van der Waals surface area contributed by atoms with Crippen molar-refractivity contribution in [1.82, 2.24) is 0 Å². The van der Waals surface area contributed by atoms with Gasteiger partial charge in [-0.15, -0.1) is 0 Å². The molecule has 1 unspecified atom stereocenters. The van der Waals surface area contributed by atoms with Gasteiger partial charge in [0.15, 0.2) is 6.29 Å². The summed E-state index contributed by atoms with van der Waals surface area (Å²) in [6.07, 6.45) is 5.63. The Morgan fingerprint density at radius 1 is 1.23 bits per heavy atom. The van der Waals surface area contributed by atoms with Gasteiger partial charge in [-0.25, -0.2) is 0 Å². The highest BCUT2D eigenvalue weighted by Gasteiger charge is 2.55. The van der Waals surface area contributed by atoms with Crippen molar-refractivity contribution in [2.24, 2.45) is 22.7 Å². The average molecular weight is 421 g/mol. The Balaban J connectivity index is 1.97. The van der Waals surface area contributed by atoms with Crippen molar-refractivity contribution in [1.29, 1.82) is 0 Å². The summed E-state index contributed by atoms with van der Waals surface area (Å²) in [6, 6.07) is 2.91. The van der Waals surface area contributed by atoms with Crippen LogP contribution in [-0.2, 0) is 6.42 Å². The number of hydrogen-bond acceptors (Lipinski definition) is 3. The molecule has 2 saturated carbocycles. The molecule has 0 bridgehead atoms. The quantitative estimate of drug-likeness (QED) is 0.288. The van der Waals surface area contributed by atoms with E-state index >= 15 is 0 Å². The zero-order chi connectivity index (χ0) is 19.3. The van der Waals surface area contributed by atoms with Crippen LogP contribution in [-0.4, -0.2) is 21.3 Å². The van der Waals surface area contributed by atoms with Crippen LogP contribution in [0.3, 0.4) is 0 Å². The molecular weight excluding hydrogens is 392 g/mol. The predicted octanol–water partition coefficient (Wildman–Crippen LogP) is 5.63. The Morgan fingerprint density at radius 3 is 2.58 bits per heavy atom. The van der Waals surface area contributed by atoms with E-state index in [4.69, 9.17) is 0 Å². The van der Waals surface area contributed by atoms with Gasteiger partial charge in [-0.05, 0) is 72.5 Å². The fourth-order valence-electron chi connectivity index (χ4n) is 5.63. The van der Waals surface area contributed by atoms with Crippen LogP contribution in [0, 0.1) is 22.7 Å². The molecule has 3 nitrogen and oxygen atoms in total. The minimum Gasteiger partial charge on any atom is -0.508 e. The summed E-state index contributed by atoms with van der Waals surface area (Å²) < 4.78 is 0. The highest BCUT2D eigenvalue weighted by atomic mass is 79.9. The van der Waals surface area contributed by atoms with Crippen molar-refractivity contribution in [2.45, 2.75) is 57.7 Å². The third kappa shape index (κ3) is 3.00. The Labute approximate surface area is 164 Å². The minimum atomic E-state index is -0.0691. The number of carbonyl (C=O) groups is 1. The molecule has 0 spiro atoms.